The zero-order chi connectivity index (χ0) is 17.1. The smallest absolute Gasteiger partial charge is 0.294 e. The minimum Gasteiger partial charge on any atom is -0.294 e. The number of alkyl halides is 2. The Morgan fingerprint density at radius 1 is 1.19 bits per heavy atom. The molecule has 0 N–H and O–H groups in total. The first kappa shape index (κ1) is 22.4. The summed E-state index contributed by atoms with van der Waals surface area (Å²) in [7, 11) is 1.45. The molecule has 5 heteroatoms. The molecule has 1 unspecified atom stereocenters. The van der Waals surface area contributed by atoms with Gasteiger partial charge < -0.3 is 0 Å². The maximum atomic E-state index is 13.1. The van der Waals surface area contributed by atoms with Gasteiger partial charge in [0.15, 0.2) is 5.78 Å². The minimum absolute atomic E-state index is 0.0320. The van der Waals surface area contributed by atoms with Crippen LogP contribution < -0.4 is 0 Å². The quantitative estimate of drug-likeness (QED) is 0.522. The van der Waals surface area contributed by atoms with Gasteiger partial charge >= 0.3 is 0 Å². The van der Waals surface area contributed by atoms with Gasteiger partial charge in [0.05, 0.1) is 5.69 Å². The van der Waals surface area contributed by atoms with Gasteiger partial charge in [0, 0.05) is 12.0 Å². The Morgan fingerprint density at radius 3 is 2.10 bits per heavy atom. The predicted molar refractivity (Wildman–Crippen MR) is 89.2 cm³/mol. The molecule has 122 valence electrons. The topological polar surface area (TPSA) is 30.0 Å². The third kappa shape index (κ3) is 7.61. The van der Waals surface area contributed by atoms with Crippen LogP contribution in [0.3, 0.4) is 0 Å². The lowest BCUT2D eigenvalue weighted by molar-refractivity contribution is 0.0958. The zero-order valence-corrected chi connectivity index (χ0v) is 15.1. The van der Waals surface area contributed by atoms with Gasteiger partial charge in [-0.15, -0.1) is 0 Å². The summed E-state index contributed by atoms with van der Waals surface area (Å²) in [5.41, 5.74) is -2.45. The zero-order valence-electron chi connectivity index (χ0n) is 14.0. The summed E-state index contributed by atoms with van der Waals surface area (Å²) in [6.45, 7) is 11.7. The summed E-state index contributed by atoms with van der Waals surface area (Å²) >= 11 is 0. The standard InChI is InChI=1S/C12H16F2NOP.2C2H6/c1-3-5-10(16)8-6-7-11(12(13,14)17)15-9(8)4-2;2*1-2/h6-7H,3-5,17H2,1-2H3;2*1-2H3. The number of rotatable bonds is 5. The van der Waals surface area contributed by atoms with E-state index in [-0.39, 0.29) is 11.5 Å². The normalized spacial score (nSPS) is 9.95. The van der Waals surface area contributed by atoms with Crippen LogP contribution >= 0.6 is 9.24 Å². The molecule has 0 aromatic carbocycles. The number of Topliss-reactive ketones (excluding diaryl/α,β-unsaturated/α-hetero) is 1. The second-order valence-corrected chi connectivity index (χ2v) is 4.57. The fourth-order valence-corrected chi connectivity index (χ4v) is 1.73. The fourth-order valence-electron chi connectivity index (χ4n) is 1.57. The van der Waals surface area contributed by atoms with Gasteiger partial charge in [0.25, 0.3) is 5.66 Å². The summed E-state index contributed by atoms with van der Waals surface area (Å²) in [6.07, 6.45) is 1.63. The van der Waals surface area contributed by atoms with E-state index in [9.17, 15) is 13.6 Å². The first-order valence-electron chi connectivity index (χ1n) is 7.60. The summed E-state index contributed by atoms with van der Waals surface area (Å²) in [5.74, 6) is -0.0320. The Kier molecular flexibility index (Phi) is 12.5. The van der Waals surface area contributed by atoms with E-state index in [0.717, 1.165) is 6.42 Å². The number of aromatic nitrogens is 1. The van der Waals surface area contributed by atoms with Crippen molar-refractivity contribution in [2.45, 2.75) is 66.5 Å². The van der Waals surface area contributed by atoms with Crippen molar-refractivity contribution < 1.29 is 13.6 Å². The molecule has 2 nitrogen and oxygen atoms in total. The van der Waals surface area contributed by atoms with Crippen molar-refractivity contribution in [2.24, 2.45) is 0 Å². The van der Waals surface area contributed by atoms with Crippen molar-refractivity contribution in [3.63, 3.8) is 0 Å². The second-order valence-electron chi connectivity index (χ2n) is 3.84. The Morgan fingerprint density at radius 2 is 1.71 bits per heavy atom. The highest BCUT2D eigenvalue weighted by atomic mass is 31.0. The largest absolute Gasteiger partial charge is 0.300 e. The molecule has 0 spiro atoms. The first-order chi connectivity index (χ1) is 9.90. The molecule has 0 saturated heterocycles. The molecular formula is C16H28F2NOP. The highest BCUT2D eigenvalue weighted by Gasteiger charge is 2.27. The van der Waals surface area contributed by atoms with Crippen molar-refractivity contribution in [1.29, 1.82) is 0 Å². The molecule has 0 aliphatic carbocycles. The molecule has 0 aliphatic heterocycles. The SMILES string of the molecule is CC.CC.CCCC(=O)c1ccc(C(F)(F)P)nc1CC. The summed E-state index contributed by atoms with van der Waals surface area (Å²) < 4.78 is 26.1. The highest BCUT2D eigenvalue weighted by molar-refractivity contribution is 7.17. The van der Waals surface area contributed by atoms with E-state index < -0.39 is 5.66 Å². The number of hydrogen-bond donors (Lipinski definition) is 0. The third-order valence-electron chi connectivity index (χ3n) is 2.43. The second kappa shape index (κ2) is 11.7. The number of aryl methyl sites for hydroxylation is 1. The van der Waals surface area contributed by atoms with Crippen molar-refractivity contribution in [3.8, 4) is 0 Å². The number of hydrogen-bond acceptors (Lipinski definition) is 2. The van der Waals surface area contributed by atoms with E-state index in [4.69, 9.17) is 0 Å². The maximum absolute atomic E-state index is 13.1. The van der Waals surface area contributed by atoms with Gasteiger partial charge in [0.1, 0.15) is 5.69 Å². The molecule has 1 heterocycles. The average Bonchev–Trinajstić information content (AvgIpc) is 2.50. The van der Waals surface area contributed by atoms with E-state index in [1.54, 1.807) is 6.92 Å². The molecule has 1 atom stereocenters. The molecule has 21 heavy (non-hydrogen) atoms. The first-order valence-corrected chi connectivity index (χ1v) is 8.18. The van der Waals surface area contributed by atoms with E-state index >= 15 is 0 Å². The molecule has 1 aromatic rings. The number of ketones is 1. The van der Waals surface area contributed by atoms with Crippen LogP contribution in [0.4, 0.5) is 8.78 Å². The Bertz CT molecular complexity index is 417. The highest BCUT2D eigenvalue weighted by Crippen LogP contribution is 2.33. The van der Waals surface area contributed by atoms with Crippen molar-refractivity contribution in [3.05, 3.63) is 29.1 Å². The van der Waals surface area contributed by atoms with Gasteiger partial charge in [-0.2, -0.15) is 8.78 Å². The molecular weight excluding hydrogens is 291 g/mol. The third-order valence-corrected chi connectivity index (χ3v) is 2.72. The van der Waals surface area contributed by atoms with Gasteiger partial charge in [-0.3, -0.25) is 9.78 Å². The number of carbonyl (C=O) groups excluding carboxylic acids is 1. The van der Waals surface area contributed by atoms with Crippen LogP contribution in [0.15, 0.2) is 12.1 Å². The molecule has 0 saturated carbocycles. The predicted octanol–water partition coefficient (Wildman–Crippen LogP) is 5.60. The maximum Gasteiger partial charge on any atom is 0.300 e. The van der Waals surface area contributed by atoms with Crippen LogP contribution in [0.25, 0.3) is 0 Å². The lowest BCUT2D eigenvalue weighted by Gasteiger charge is -2.13. The van der Waals surface area contributed by atoms with Crippen LogP contribution in [0, 0.1) is 0 Å². The number of nitrogens with zero attached hydrogens (tertiary/aromatic N) is 1. The van der Waals surface area contributed by atoms with Crippen LogP contribution in [0.5, 0.6) is 0 Å². The number of carbonyl (C=O) groups is 1. The van der Waals surface area contributed by atoms with Crippen LogP contribution in [0.2, 0.25) is 0 Å². The molecule has 0 radical (unpaired) electrons. The lowest BCUT2D eigenvalue weighted by Crippen LogP contribution is -2.11. The lowest BCUT2D eigenvalue weighted by atomic mass is 10.0. The van der Waals surface area contributed by atoms with E-state index in [2.05, 4.69) is 4.98 Å². The summed E-state index contributed by atoms with van der Waals surface area (Å²) in [5, 5.41) is 0. The van der Waals surface area contributed by atoms with Gasteiger partial charge in [-0.05, 0) is 25.0 Å². The molecule has 0 bridgehead atoms. The van der Waals surface area contributed by atoms with Gasteiger partial charge in [-0.1, -0.05) is 50.8 Å². The Hall–Kier alpha value is -0.890. The summed E-state index contributed by atoms with van der Waals surface area (Å²) in [4.78, 5) is 15.6. The molecule has 1 aromatic heterocycles. The van der Waals surface area contributed by atoms with Crippen LogP contribution in [0.1, 0.15) is 76.1 Å². The molecule has 0 fully saturated rings. The van der Waals surface area contributed by atoms with E-state index in [1.807, 2.05) is 34.6 Å². The Balaban J connectivity index is 0. The molecule has 0 amide bonds. The fraction of sp³-hybridized carbons (Fsp3) is 0.625. The van der Waals surface area contributed by atoms with E-state index in [1.165, 1.54) is 21.4 Å². The number of pyridine rings is 1. The van der Waals surface area contributed by atoms with Crippen LogP contribution in [-0.2, 0) is 12.1 Å². The molecule has 1 rings (SSSR count). The van der Waals surface area contributed by atoms with E-state index in [0.29, 0.717) is 24.1 Å². The minimum atomic E-state index is -3.05. The number of halogens is 2. The van der Waals surface area contributed by atoms with Crippen molar-refractivity contribution in [1.82, 2.24) is 4.98 Å². The van der Waals surface area contributed by atoms with Crippen molar-refractivity contribution in [2.75, 3.05) is 0 Å². The van der Waals surface area contributed by atoms with Crippen molar-refractivity contribution >= 4 is 15.0 Å². The average molecular weight is 319 g/mol. The monoisotopic (exact) mass is 319 g/mol. The molecule has 0 aliphatic rings. The Labute approximate surface area is 129 Å². The van der Waals surface area contributed by atoms with Gasteiger partial charge in [0.2, 0.25) is 0 Å². The summed E-state index contributed by atoms with van der Waals surface area (Å²) in [6, 6.07) is 2.67. The van der Waals surface area contributed by atoms with Gasteiger partial charge in [-0.25, -0.2) is 0 Å². The van der Waals surface area contributed by atoms with Crippen LogP contribution in [-0.4, -0.2) is 10.8 Å².